The van der Waals surface area contributed by atoms with E-state index in [1.54, 1.807) is 23.0 Å². The number of anilines is 1. The second kappa shape index (κ2) is 5.64. The molecule has 0 radical (unpaired) electrons. The van der Waals surface area contributed by atoms with Gasteiger partial charge in [0.05, 0.1) is 11.2 Å². The molecule has 2 rings (SSSR count). The summed E-state index contributed by atoms with van der Waals surface area (Å²) in [6, 6.07) is 3.36. The summed E-state index contributed by atoms with van der Waals surface area (Å²) in [7, 11) is 1.85. The van der Waals surface area contributed by atoms with Crippen molar-refractivity contribution in [1.29, 1.82) is 0 Å². The monoisotopic (exact) mass is 264 g/mol. The topological polar surface area (TPSA) is 59.8 Å². The third kappa shape index (κ3) is 3.56. The molecule has 0 unspecified atom stereocenters. The van der Waals surface area contributed by atoms with E-state index in [0.717, 1.165) is 5.56 Å². The molecule has 0 atom stereocenters. The van der Waals surface area contributed by atoms with Crippen LogP contribution >= 0.6 is 11.6 Å². The Balaban J connectivity index is 1.83. The summed E-state index contributed by atoms with van der Waals surface area (Å²) < 4.78 is 1.72. The Kier molecular flexibility index (Phi) is 3.94. The normalized spacial score (nSPS) is 10.3. The fraction of sp³-hybridized carbons (Fsp3) is 0.250. The molecule has 94 valence electrons. The van der Waals surface area contributed by atoms with Gasteiger partial charge in [-0.3, -0.25) is 9.48 Å². The summed E-state index contributed by atoms with van der Waals surface area (Å²) in [6.45, 7) is 0. The molecule has 2 aromatic heterocycles. The zero-order valence-corrected chi connectivity index (χ0v) is 10.7. The van der Waals surface area contributed by atoms with Crippen LogP contribution in [0.4, 0.5) is 5.82 Å². The maximum atomic E-state index is 11.7. The van der Waals surface area contributed by atoms with E-state index in [4.69, 9.17) is 11.6 Å². The van der Waals surface area contributed by atoms with Crippen molar-refractivity contribution in [3.63, 3.8) is 0 Å². The van der Waals surface area contributed by atoms with Gasteiger partial charge in [0.15, 0.2) is 0 Å². The van der Waals surface area contributed by atoms with Crippen LogP contribution in [0.1, 0.15) is 12.0 Å². The summed E-state index contributed by atoms with van der Waals surface area (Å²) in [4.78, 5) is 15.7. The molecule has 0 aromatic carbocycles. The number of aromatic nitrogens is 3. The number of halogens is 1. The molecule has 0 saturated carbocycles. The van der Waals surface area contributed by atoms with Gasteiger partial charge in [0.25, 0.3) is 0 Å². The molecular weight excluding hydrogens is 252 g/mol. The maximum Gasteiger partial charge on any atom is 0.225 e. The molecule has 0 fully saturated rings. The molecular formula is C12H13ClN4O. The number of aryl methyl sites for hydroxylation is 2. The van der Waals surface area contributed by atoms with Crippen molar-refractivity contribution in [2.45, 2.75) is 12.8 Å². The van der Waals surface area contributed by atoms with E-state index in [1.807, 2.05) is 13.2 Å². The lowest BCUT2D eigenvalue weighted by atomic mass is 10.2. The Morgan fingerprint density at radius 2 is 2.28 bits per heavy atom. The Morgan fingerprint density at radius 1 is 1.44 bits per heavy atom. The minimum Gasteiger partial charge on any atom is -0.311 e. The lowest BCUT2D eigenvalue weighted by molar-refractivity contribution is -0.116. The highest BCUT2D eigenvalue weighted by Crippen LogP contribution is 2.10. The molecule has 0 saturated heterocycles. The third-order valence-electron chi connectivity index (χ3n) is 2.39. The van der Waals surface area contributed by atoms with Crippen molar-refractivity contribution >= 4 is 23.3 Å². The first-order valence-electron chi connectivity index (χ1n) is 5.52. The Hall–Kier alpha value is -1.88. The van der Waals surface area contributed by atoms with Crippen LogP contribution in [0.5, 0.6) is 0 Å². The van der Waals surface area contributed by atoms with Gasteiger partial charge in [0.2, 0.25) is 5.91 Å². The Morgan fingerprint density at radius 3 is 2.89 bits per heavy atom. The van der Waals surface area contributed by atoms with E-state index >= 15 is 0 Å². The molecule has 18 heavy (non-hydrogen) atoms. The lowest BCUT2D eigenvalue weighted by Gasteiger charge is -2.03. The fourth-order valence-electron chi connectivity index (χ4n) is 1.51. The Bertz CT molecular complexity index is 535. The SMILES string of the molecule is Cn1cc(CCC(=O)Nc2ccc(Cl)cn2)cn1. The molecule has 0 aliphatic carbocycles. The average Bonchev–Trinajstić information content (AvgIpc) is 2.76. The first-order chi connectivity index (χ1) is 8.63. The number of nitrogens with zero attached hydrogens (tertiary/aromatic N) is 3. The highest BCUT2D eigenvalue weighted by molar-refractivity contribution is 6.30. The Labute approximate surface area is 110 Å². The predicted molar refractivity (Wildman–Crippen MR) is 69.4 cm³/mol. The van der Waals surface area contributed by atoms with E-state index < -0.39 is 0 Å². The van der Waals surface area contributed by atoms with Gasteiger partial charge in [0.1, 0.15) is 5.82 Å². The first-order valence-corrected chi connectivity index (χ1v) is 5.90. The summed E-state index contributed by atoms with van der Waals surface area (Å²) in [5.74, 6) is 0.435. The van der Waals surface area contributed by atoms with Gasteiger partial charge in [0, 0.05) is 25.9 Å². The minimum absolute atomic E-state index is 0.0753. The summed E-state index contributed by atoms with van der Waals surface area (Å²) in [5, 5.41) is 7.30. The molecule has 2 aromatic rings. The molecule has 2 heterocycles. The molecule has 1 amide bonds. The van der Waals surface area contributed by atoms with Crippen LogP contribution in [0.3, 0.4) is 0 Å². The van der Waals surface area contributed by atoms with Gasteiger partial charge in [-0.1, -0.05) is 11.6 Å². The number of hydrogen-bond donors (Lipinski definition) is 1. The highest BCUT2D eigenvalue weighted by atomic mass is 35.5. The second-order valence-electron chi connectivity index (χ2n) is 3.93. The van der Waals surface area contributed by atoms with Crippen molar-refractivity contribution in [2.75, 3.05) is 5.32 Å². The van der Waals surface area contributed by atoms with Crippen LogP contribution in [0, 0.1) is 0 Å². The zero-order valence-electron chi connectivity index (χ0n) is 9.93. The molecule has 1 N–H and O–H groups in total. The quantitative estimate of drug-likeness (QED) is 0.919. The lowest BCUT2D eigenvalue weighted by Crippen LogP contribution is -2.13. The number of amides is 1. The summed E-state index contributed by atoms with van der Waals surface area (Å²) in [5.41, 5.74) is 1.04. The summed E-state index contributed by atoms with van der Waals surface area (Å²) in [6.07, 6.45) is 6.21. The largest absolute Gasteiger partial charge is 0.311 e. The highest BCUT2D eigenvalue weighted by Gasteiger charge is 2.05. The molecule has 0 spiro atoms. The van der Waals surface area contributed by atoms with Crippen LogP contribution in [-0.2, 0) is 18.3 Å². The number of pyridine rings is 1. The van der Waals surface area contributed by atoms with E-state index in [-0.39, 0.29) is 5.91 Å². The third-order valence-corrected chi connectivity index (χ3v) is 2.62. The fourth-order valence-corrected chi connectivity index (χ4v) is 1.63. The average molecular weight is 265 g/mol. The van der Waals surface area contributed by atoms with Crippen molar-refractivity contribution in [2.24, 2.45) is 7.05 Å². The van der Waals surface area contributed by atoms with Crippen LogP contribution in [0.25, 0.3) is 0 Å². The number of nitrogens with one attached hydrogen (secondary N) is 1. The van der Waals surface area contributed by atoms with Crippen LogP contribution in [-0.4, -0.2) is 20.7 Å². The van der Waals surface area contributed by atoms with Crippen LogP contribution in [0.15, 0.2) is 30.7 Å². The number of carbonyl (C=O) groups is 1. The van der Waals surface area contributed by atoms with Gasteiger partial charge < -0.3 is 5.32 Å². The number of hydrogen-bond acceptors (Lipinski definition) is 3. The molecule has 6 heteroatoms. The van der Waals surface area contributed by atoms with Gasteiger partial charge in [-0.25, -0.2) is 4.98 Å². The van der Waals surface area contributed by atoms with Crippen molar-refractivity contribution in [3.05, 3.63) is 41.3 Å². The standard InChI is InChI=1S/C12H13ClN4O/c1-17-8-9(6-15-17)2-5-12(18)16-11-4-3-10(13)7-14-11/h3-4,6-8H,2,5H2,1H3,(H,14,16,18). The van der Waals surface area contributed by atoms with E-state index in [9.17, 15) is 4.79 Å². The van der Waals surface area contributed by atoms with Crippen LogP contribution in [0.2, 0.25) is 5.02 Å². The van der Waals surface area contributed by atoms with Gasteiger partial charge in [-0.2, -0.15) is 5.10 Å². The second-order valence-corrected chi connectivity index (χ2v) is 4.37. The zero-order chi connectivity index (χ0) is 13.0. The smallest absolute Gasteiger partial charge is 0.225 e. The molecule has 0 aliphatic rings. The van der Waals surface area contributed by atoms with Gasteiger partial charge in [-0.05, 0) is 24.1 Å². The minimum atomic E-state index is -0.0753. The maximum absolute atomic E-state index is 11.7. The molecule has 0 bridgehead atoms. The van der Waals surface area contributed by atoms with Gasteiger partial charge >= 0.3 is 0 Å². The number of rotatable bonds is 4. The predicted octanol–water partition coefficient (Wildman–Crippen LogP) is 2.04. The summed E-state index contributed by atoms with van der Waals surface area (Å²) >= 11 is 5.71. The van der Waals surface area contributed by atoms with Crippen molar-refractivity contribution in [1.82, 2.24) is 14.8 Å². The van der Waals surface area contributed by atoms with Gasteiger partial charge in [-0.15, -0.1) is 0 Å². The van der Waals surface area contributed by atoms with E-state index in [2.05, 4.69) is 15.4 Å². The van der Waals surface area contributed by atoms with Crippen molar-refractivity contribution in [3.8, 4) is 0 Å². The van der Waals surface area contributed by atoms with Crippen molar-refractivity contribution < 1.29 is 4.79 Å². The molecule has 0 aliphatic heterocycles. The van der Waals surface area contributed by atoms with Crippen LogP contribution < -0.4 is 5.32 Å². The van der Waals surface area contributed by atoms with E-state index in [0.29, 0.717) is 23.7 Å². The van der Waals surface area contributed by atoms with E-state index in [1.165, 1.54) is 6.20 Å². The molecule has 5 nitrogen and oxygen atoms in total. The first kappa shape index (κ1) is 12.6. The number of carbonyl (C=O) groups excluding carboxylic acids is 1.